The molecule has 1 aliphatic heterocycles. The molecule has 0 saturated heterocycles. The molecular formula is C27H24ClN3O4. The summed E-state index contributed by atoms with van der Waals surface area (Å²) in [4.78, 5) is 39.6. The Balaban J connectivity index is 1.48. The van der Waals surface area contributed by atoms with E-state index in [9.17, 15) is 14.4 Å². The van der Waals surface area contributed by atoms with Crippen LogP contribution in [0.25, 0.3) is 0 Å². The number of aryl methyl sites for hydroxylation is 1. The van der Waals surface area contributed by atoms with Gasteiger partial charge in [-0.05, 0) is 61.4 Å². The van der Waals surface area contributed by atoms with E-state index in [0.29, 0.717) is 22.7 Å². The minimum absolute atomic E-state index is 0.0462. The topological polar surface area (TPSA) is 87.7 Å². The van der Waals surface area contributed by atoms with Crippen molar-refractivity contribution in [2.75, 3.05) is 17.3 Å². The fourth-order valence-corrected chi connectivity index (χ4v) is 3.97. The van der Waals surface area contributed by atoms with Gasteiger partial charge in [-0.3, -0.25) is 14.4 Å². The highest BCUT2D eigenvalue weighted by Gasteiger charge is 2.40. The van der Waals surface area contributed by atoms with Crippen LogP contribution in [-0.2, 0) is 9.59 Å². The molecule has 1 aliphatic rings. The third kappa shape index (κ3) is 4.90. The van der Waals surface area contributed by atoms with Gasteiger partial charge in [0.2, 0.25) is 0 Å². The van der Waals surface area contributed by atoms with E-state index in [0.717, 1.165) is 16.0 Å². The van der Waals surface area contributed by atoms with Crippen LogP contribution in [0.15, 0.2) is 83.5 Å². The Morgan fingerprint density at radius 1 is 0.971 bits per heavy atom. The summed E-state index contributed by atoms with van der Waals surface area (Å²) in [7, 11) is 1.46. The van der Waals surface area contributed by atoms with Crippen LogP contribution in [0, 0.1) is 6.92 Å². The van der Waals surface area contributed by atoms with E-state index in [2.05, 4.69) is 10.6 Å². The Morgan fingerprint density at radius 2 is 1.66 bits per heavy atom. The molecule has 0 fully saturated rings. The summed E-state index contributed by atoms with van der Waals surface area (Å²) in [5.41, 5.74) is 3.09. The van der Waals surface area contributed by atoms with Crippen LogP contribution < -0.4 is 20.3 Å². The summed E-state index contributed by atoms with van der Waals surface area (Å²) in [6.45, 7) is 3.76. The quantitative estimate of drug-likeness (QED) is 0.459. The number of benzene rings is 3. The summed E-state index contributed by atoms with van der Waals surface area (Å²) in [5.74, 6) is -1.09. The molecule has 0 spiro atoms. The number of anilines is 2. The van der Waals surface area contributed by atoms with Gasteiger partial charge in [-0.2, -0.15) is 0 Å². The van der Waals surface area contributed by atoms with Crippen molar-refractivity contribution >= 4 is 40.7 Å². The van der Waals surface area contributed by atoms with Crippen LogP contribution in [-0.4, -0.2) is 24.8 Å². The number of rotatable bonds is 7. The van der Waals surface area contributed by atoms with Crippen molar-refractivity contribution in [3.05, 3.63) is 100 Å². The maximum absolute atomic E-state index is 13.1. The number of carbonyl (C=O) groups is 3. The van der Waals surface area contributed by atoms with Crippen molar-refractivity contribution in [2.24, 2.45) is 0 Å². The largest absolute Gasteiger partial charge is 0.495 e. The van der Waals surface area contributed by atoms with Crippen LogP contribution >= 0.6 is 11.6 Å². The number of imide groups is 1. The highest BCUT2D eigenvalue weighted by molar-refractivity contribution is 6.53. The number of carbonyl (C=O) groups excluding carboxylic acids is 3. The lowest BCUT2D eigenvalue weighted by molar-refractivity contribution is -0.120. The lowest BCUT2D eigenvalue weighted by atomic mass is 10.1. The number of methoxy groups -OCH3 is 1. The van der Waals surface area contributed by atoms with Gasteiger partial charge in [-0.15, -0.1) is 0 Å². The smallest absolute Gasteiger partial charge is 0.283 e. The first-order chi connectivity index (χ1) is 16.8. The molecule has 0 radical (unpaired) electrons. The number of hydrogen-bond acceptors (Lipinski definition) is 5. The van der Waals surface area contributed by atoms with Gasteiger partial charge in [0.1, 0.15) is 16.5 Å². The summed E-state index contributed by atoms with van der Waals surface area (Å²) in [6, 6.07) is 21.3. The fourth-order valence-electron chi connectivity index (χ4n) is 3.76. The summed E-state index contributed by atoms with van der Waals surface area (Å²) >= 11 is 6.25. The van der Waals surface area contributed by atoms with Gasteiger partial charge in [-0.25, -0.2) is 4.90 Å². The van der Waals surface area contributed by atoms with E-state index in [1.54, 1.807) is 36.4 Å². The number of nitrogens with one attached hydrogen (secondary N) is 2. The van der Waals surface area contributed by atoms with Gasteiger partial charge in [0.25, 0.3) is 17.7 Å². The van der Waals surface area contributed by atoms with Crippen LogP contribution in [0.2, 0.25) is 0 Å². The first-order valence-corrected chi connectivity index (χ1v) is 11.3. The lowest BCUT2D eigenvalue weighted by Gasteiger charge is -2.18. The predicted molar refractivity (Wildman–Crippen MR) is 135 cm³/mol. The van der Waals surface area contributed by atoms with Crippen LogP contribution in [0.3, 0.4) is 0 Å². The van der Waals surface area contributed by atoms with Crippen molar-refractivity contribution in [3.8, 4) is 5.75 Å². The normalized spacial score (nSPS) is 14.2. The zero-order valence-corrected chi connectivity index (χ0v) is 20.2. The second-order valence-electron chi connectivity index (χ2n) is 8.12. The molecule has 7 nitrogen and oxygen atoms in total. The summed E-state index contributed by atoms with van der Waals surface area (Å²) < 4.78 is 5.32. The molecule has 0 bridgehead atoms. The molecule has 3 aromatic rings. The second-order valence-corrected chi connectivity index (χ2v) is 8.50. The first kappa shape index (κ1) is 24.0. The number of amides is 3. The van der Waals surface area contributed by atoms with Crippen LogP contribution in [0.1, 0.15) is 34.5 Å². The Morgan fingerprint density at radius 3 is 2.31 bits per heavy atom. The predicted octanol–water partition coefficient (Wildman–Crippen LogP) is 4.93. The molecule has 1 atom stereocenters. The van der Waals surface area contributed by atoms with Crippen molar-refractivity contribution in [3.63, 3.8) is 0 Å². The van der Waals surface area contributed by atoms with Crippen LogP contribution in [0.4, 0.5) is 11.4 Å². The fraction of sp³-hybridized carbons (Fsp3) is 0.148. The number of halogens is 1. The average Bonchev–Trinajstić information content (AvgIpc) is 3.07. The van der Waals surface area contributed by atoms with Crippen LogP contribution in [0.5, 0.6) is 5.75 Å². The molecule has 3 amide bonds. The highest BCUT2D eigenvalue weighted by atomic mass is 35.5. The zero-order valence-electron chi connectivity index (χ0n) is 19.5. The number of nitrogens with zero attached hydrogens (tertiary/aromatic N) is 1. The highest BCUT2D eigenvalue weighted by Crippen LogP contribution is 2.36. The molecule has 1 unspecified atom stereocenters. The monoisotopic (exact) mass is 489 g/mol. The molecule has 8 heteroatoms. The Bertz CT molecular complexity index is 1320. The van der Waals surface area contributed by atoms with E-state index in [-0.39, 0.29) is 22.7 Å². The Kier molecular flexibility index (Phi) is 6.89. The van der Waals surface area contributed by atoms with E-state index in [1.807, 2.05) is 50.2 Å². The van der Waals surface area contributed by atoms with Crippen molar-refractivity contribution in [2.45, 2.75) is 19.9 Å². The molecule has 3 aromatic carbocycles. The minimum atomic E-state index is -0.644. The van der Waals surface area contributed by atoms with Gasteiger partial charge >= 0.3 is 0 Å². The minimum Gasteiger partial charge on any atom is -0.495 e. The maximum Gasteiger partial charge on any atom is 0.283 e. The Labute approximate surface area is 208 Å². The SMILES string of the molecule is COc1ccc(C)cc1N1C(=O)C(Cl)=C(Nc2ccc(C(=O)NC(C)c3ccccc3)cc2)C1=O. The van der Waals surface area contributed by atoms with Crippen molar-refractivity contribution in [1.29, 1.82) is 0 Å². The molecule has 0 saturated carbocycles. The Hall–Kier alpha value is -4.10. The molecule has 35 heavy (non-hydrogen) atoms. The molecule has 4 rings (SSSR count). The lowest BCUT2D eigenvalue weighted by Crippen LogP contribution is -2.32. The average molecular weight is 490 g/mol. The maximum atomic E-state index is 13.1. The zero-order chi connectivity index (χ0) is 25.1. The molecule has 2 N–H and O–H groups in total. The molecule has 0 aromatic heterocycles. The summed E-state index contributed by atoms with van der Waals surface area (Å²) in [5, 5.41) is 5.65. The second kappa shape index (κ2) is 10.0. The van der Waals surface area contributed by atoms with Crippen molar-refractivity contribution in [1.82, 2.24) is 5.32 Å². The molecular weight excluding hydrogens is 466 g/mol. The molecule has 1 heterocycles. The van der Waals surface area contributed by atoms with E-state index < -0.39 is 11.8 Å². The van der Waals surface area contributed by atoms with Gasteiger partial charge in [0, 0.05) is 11.3 Å². The molecule has 178 valence electrons. The van der Waals surface area contributed by atoms with E-state index in [1.165, 1.54) is 7.11 Å². The van der Waals surface area contributed by atoms with E-state index in [4.69, 9.17) is 16.3 Å². The molecule has 0 aliphatic carbocycles. The standard InChI is InChI=1S/C27H24ClN3O4/c1-16-9-14-22(35-3)21(15-16)31-26(33)23(28)24(27(31)34)30-20-12-10-19(11-13-20)25(32)29-17(2)18-7-5-4-6-8-18/h4-15,17,30H,1-3H3,(H,29,32). The van der Waals surface area contributed by atoms with E-state index >= 15 is 0 Å². The number of hydrogen-bond donors (Lipinski definition) is 2. The van der Waals surface area contributed by atoms with Gasteiger partial charge in [-0.1, -0.05) is 48.0 Å². The van der Waals surface area contributed by atoms with Gasteiger partial charge in [0.15, 0.2) is 0 Å². The van der Waals surface area contributed by atoms with Crippen molar-refractivity contribution < 1.29 is 19.1 Å². The third-order valence-corrected chi connectivity index (χ3v) is 6.02. The number of ether oxygens (including phenoxy) is 1. The van der Waals surface area contributed by atoms with Gasteiger partial charge < -0.3 is 15.4 Å². The first-order valence-electron chi connectivity index (χ1n) is 11.0. The van der Waals surface area contributed by atoms with Gasteiger partial charge in [0.05, 0.1) is 18.8 Å². The summed E-state index contributed by atoms with van der Waals surface area (Å²) in [6.07, 6.45) is 0. The third-order valence-electron chi connectivity index (χ3n) is 5.67.